The maximum Gasteiger partial charge on any atom is 0.242 e. The van der Waals surface area contributed by atoms with Crippen LogP contribution in [-0.2, 0) is 24.4 Å². The first-order valence-corrected chi connectivity index (χ1v) is 11.9. The molecule has 0 unspecified atom stereocenters. The Morgan fingerprint density at radius 3 is 2.25 bits per heavy atom. The molecule has 32 heavy (non-hydrogen) atoms. The van der Waals surface area contributed by atoms with Crippen LogP contribution < -0.4 is 4.74 Å². The lowest BCUT2D eigenvalue weighted by atomic mass is 10.1. The number of amides is 1. The van der Waals surface area contributed by atoms with Crippen LogP contribution in [0.5, 0.6) is 5.75 Å². The van der Waals surface area contributed by atoms with E-state index >= 15 is 0 Å². The Morgan fingerprint density at radius 2 is 1.59 bits per heavy atom. The summed E-state index contributed by atoms with van der Waals surface area (Å²) in [6, 6.07) is 17.8. The molecule has 0 bridgehead atoms. The molecule has 3 nitrogen and oxygen atoms in total. The summed E-state index contributed by atoms with van der Waals surface area (Å²) in [6.45, 7) is 0.601. The van der Waals surface area contributed by atoms with Crippen LogP contribution in [0.1, 0.15) is 16.7 Å². The van der Waals surface area contributed by atoms with E-state index in [4.69, 9.17) is 17.0 Å². The van der Waals surface area contributed by atoms with E-state index < -0.39 is 0 Å². The van der Waals surface area contributed by atoms with Crippen molar-refractivity contribution >= 4 is 50.1 Å². The van der Waals surface area contributed by atoms with Crippen LogP contribution in [0.4, 0.5) is 8.78 Å². The van der Waals surface area contributed by atoms with Crippen molar-refractivity contribution in [3.05, 3.63) is 99.5 Å². The first kappa shape index (κ1) is 22.9. The summed E-state index contributed by atoms with van der Waals surface area (Å²) in [4.78, 5) is 14.6. The topological polar surface area (TPSA) is 29.5 Å². The molecule has 164 valence electrons. The number of hydrogen-bond acceptors (Lipinski definition) is 4. The number of hydrogen-bond donors (Lipinski definition) is 0. The summed E-state index contributed by atoms with van der Waals surface area (Å²) in [5, 5.41) is -0.370. The van der Waals surface area contributed by atoms with E-state index in [1.54, 1.807) is 29.2 Å². The van der Waals surface area contributed by atoms with Crippen molar-refractivity contribution in [2.75, 3.05) is 0 Å². The van der Waals surface area contributed by atoms with Gasteiger partial charge in [0.15, 0.2) is 0 Å². The Kier molecular flexibility index (Phi) is 7.23. The minimum Gasteiger partial charge on any atom is -0.489 e. The molecule has 0 saturated carbocycles. The molecule has 1 aliphatic heterocycles. The van der Waals surface area contributed by atoms with Crippen molar-refractivity contribution in [2.45, 2.75) is 24.8 Å². The SMILES string of the molecule is O=C1[C@H](Cc2cc(Br)ccc2OCc2ccc(F)cc2)SC(=S)N1Cc1ccc(F)cc1. The van der Waals surface area contributed by atoms with Gasteiger partial charge < -0.3 is 4.74 Å². The highest BCUT2D eigenvalue weighted by molar-refractivity contribution is 9.10. The fourth-order valence-corrected chi connectivity index (χ4v) is 5.26. The van der Waals surface area contributed by atoms with E-state index in [9.17, 15) is 13.6 Å². The molecule has 3 aromatic rings. The fourth-order valence-electron chi connectivity index (χ4n) is 3.33. The maximum absolute atomic E-state index is 13.2. The third-order valence-corrected chi connectivity index (χ3v) is 7.07. The molecule has 1 heterocycles. The molecule has 0 N–H and O–H groups in total. The van der Waals surface area contributed by atoms with Crippen molar-refractivity contribution in [2.24, 2.45) is 0 Å². The molecule has 0 spiro atoms. The lowest BCUT2D eigenvalue weighted by molar-refractivity contribution is -0.126. The molecule has 1 saturated heterocycles. The van der Waals surface area contributed by atoms with Crippen LogP contribution >= 0.6 is 39.9 Å². The molecule has 4 rings (SSSR count). The zero-order chi connectivity index (χ0) is 22.7. The summed E-state index contributed by atoms with van der Waals surface area (Å²) >= 11 is 10.3. The van der Waals surface area contributed by atoms with E-state index in [1.807, 2.05) is 18.2 Å². The van der Waals surface area contributed by atoms with Crippen LogP contribution in [0.15, 0.2) is 71.2 Å². The molecule has 0 aliphatic carbocycles. The van der Waals surface area contributed by atoms with E-state index in [0.29, 0.717) is 23.0 Å². The Morgan fingerprint density at radius 1 is 0.969 bits per heavy atom. The van der Waals surface area contributed by atoms with Gasteiger partial charge in [0, 0.05) is 4.47 Å². The third-order valence-electron chi connectivity index (χ3n) is 4.99. The molecular weight excluding hydrogens is 516 g/mol. The Bertz CT molecular complexity index is 1140. The Hall–Kier alpha value is -2.29. The quantitative estimate of drug-likeness (QED) is 0.334. The summed E-state index contributed by atoms with van der Waals surface area (Å²) in [6.07, 6.45) is 0.446. The molecule has 1 aliphatic rings. The predicted molar refractivity (Wildman–Crippen MR) is 130 cm³/mol. The number of halogens is 3. The normalized spacial score (nSPS) is 16.0. The van der Waals surface area contributed by atoms with E-state index in [-0.39, 0.29) is 29.4 Å². The van der Waals surface area contributed by atoms with Crippen LogP contribution in [0.25, 0.3) is 0 Å². The molecule has 1 fully saturated rings. The van der Waals surface area contributed by atoms with Gasteiger partial charge in [-0.1, -0.05) is 64.2 Å². The number of carbonyl (C=O) groups excluding carboxylic acids is 1. The highest BCUT2D eigenvalue weighted by Crippen LogP contribution is 2.34. The smallest absolute Gasteiger partial charge is 0.242 e. The first-order valence-electron chi connectivity index (χ1n) is 9.81. The third kappa shape index (κ3) is 5.54. The second-order valence-corrected chi connectivity index (χ2v) is 10.0. The minimum atomic E-state index is -0.370. The number of carbonyl (C=O) groups is 1. The van der Waals surface area contributed by atoms with Gasteiger partial charge >= 0.3 is 0 Å². The molecular formula is C24H18BrF2NO2S2. The van der Waals surface area contributed by atoms with Crippen molar-refractivity contribution in [3.63, 3.8) is 0 Å². The van der Waals surface area contributed by atoms with Crippen LogP contribution in [0.3, 0.4) is 0 Å². The fraction of sp³-hybridized carbons (Fsp3) is 0.167. The molecule has 8 heteroatoms. The highest BCUT2D eigenvalue weighted by atomic mass is 79.9. The summed E-state index contributed by atoms with van der Waals surface area (Å²) in [5.41, 5.74) is 2.53. The van der Waals surface area contributed by atoms with Gasteiger partial charge in [-0.25, -0.2) is 8.78 Å². The number of rotatable bonds is 7. The van der Waals surface area contributed by atoms with Crippen molar-refractivity contribution in [3.8, 4) is 5.75 Å². The summed E-state index contributed by atoms with van der Waals surface area (Å²) < 4.78 is 33.7. The van der Waals surface area contributed by atoms with Crippen LogP contribution in [-0.4, -0.2) is 20.4 Å². The van der Waals surface area contributed by atoms with Crippen molar-refractivity contribution < 1.29 is 18.3 Å². The number of nitrogens with zero attached hydrogens (tertiary/aromatic N) is 1. The van der Waals surface area contributed by atoms with Gasteiger partial charge in [0.1, 0.15) is 28.3 Å². The second-order valence-electron chi connectivity index (χ2n) is 7.29. The lowest BCUT2D eigenvalue weighted by Crippen LogP contribution is -2.31. The largest absolute Gasteiger partial charge is 0.489 e. The Balaban J connectivity index is 1.46. The molecule has 1 atom stereocenters. The number of benzene rings is 3. The molecule has 3 aromatic carbocycles. The van der Waals surface area contributed by atoms with Gasteiger partial charge in [-0.15, -0.1) is 0 Å². The number of thiocarbonyl (C=S) groups is 1. The monoisotopic (exact) mass is 533 g/mol. The highest BCUT2D eigenvalue weighted by Gasteiger charge is 2.37. The van der Waals surface area contributed by atoms with Gasteiger partial charge in [-0.3, -0.25) is 9.69 Å². The zero-order valence-electron chi connectivity index (χ0n) is 16.8. The molecule has 0 aromatic heterocycles. The van der Waals surface area contributed by atoms with Crippen molar-refractivity contribution in [1.29, 1.82) is 0 Å². The standard InChI is InChI=1S/C24H18BrF2NO2S2/c25-18-5-10-21(30-14-16-3-8-20(27)9-4-16)17(11-18)12-22-23(29)28(24(31)32-22)13-15-1-6-19(26)7-2-15/h1-11,22H,12-14H2/t22-/m0/s1. The Labute approximate surface area is 202 Å². The van der Waals surface area contributed by atoms with Gasteiger partial charge in [-0.05, 0) is 65.6 Å². The zero-order valence-corrected chi connectivity index (χ0v) is 20.0. The van der Waals surface area contributed by atoms with Gasteiger partial charge in [0.05, 0.1) is 11.8 Å². The van der Waals surface area contributed by atoms with E-state index in [2.05, 4.69) is 15.9 Å². The average molecular weight is 534 g/mol. The lowest BCUT2D eigenvalue weighted by Gasteiger charge is -2.17. The summed E-state index contributed by atoms with van der Waals surface area (Å²) in [5.74, 6) is -0.0298. The van der Waals surface area contributed by atoms with Gasteiger partial charge in [-0.2, -0.15) is 0 Å². The molecule has 1 amide bonds. The second kappa shape index (κ2) is 10.1. The van der Waals surface area contributed by atoms with Crippen molar-refractivity contribution in [1.82, 2.24) is 4.90 Å². The first-order chi connectivity index (χ1) is 15.4. The van der Waals surface area contributed by atoms with Gasteiger partial charge in [0.2, 0.25) is 5.91 Å². The van der Waals surface area contributed by atoms with E-state index in [0.717, 1.165) is 21.2 Å². The predicted octanol–water partition coefficient (Wildman–Crippen LogP) is 6.28. The van der Waals surface area contributed by atoms with Gasteiger partial charge in [0.25, 0.3) is 0 Å². The minimum absolute atomic E-state index is 0.0752. The summed E-state index contributed by atoms with van der Waals surface area (Å²) in [7, 11) is 0. The average Bonchev–Trinajstić information content (AvgIpc) is 3.03. The maximum atomic E-state index is 13.2. The number of thioether (sulfide) groups is 1. The number of ether oxygens (including phenoxy) is 1. The van der Waals surface area contributed by atoms with Crippen LogP contribution in [0.2, 0.25) is 0 Å². The van der Waals surface area contributed by atoms with E-state index in [1.165, 1.54) is 36.0 Å². The molecule has 0 radical (unpaired) electrons. The van der Waals surface area contributed by atoms with Crippen LogP contribution in [0, 0.1) is 11.6 Å².